The van der Waals surface area contributed by atoms with E-state index in [4.69, 9.17) is 4.74 Å². The lowest BCUT2D eigenvalue weighted by Gasteiger charge is -2.14. The van der Waals surface area contributed by atoms with E-state index < -0.39 is 10.0 Å². The van der Waals surface area contributed by atoms with Crippen LogP contribution in [0.4, 0.5) is 0 Å². The van der Waals surface area contributed by atoms with E-state index in [1.54, 1.807) is 0 Å². The number of hydrogen-bond acceptors (Lipinski definition) is 5. The molecule has 1 aromatic rings. The maximum absolute atomic E-state index is 12.5. The zero-order valence-corrected chi connectivity index (χ0v) is 13.7. The standard InChI is InChI=1S/C13H22N2O3S2/c1-9(2)14-6-12-13(10(3)8-19-12)20(16,17)15-11-4-5-18-7-11/h8-9,11,14-15H,4-7H2,1-3H3. The molecule has 7 heteroatoms. The summed E-state index contributed by atoms with van der Waals surface area (Å²) in [7, 11) is -3.47. The largest absolute Gasteiger partial charge is 0.380 e. The van der Waals surface area contributed by atoms with Gasteiger partial charge in [0.25, 0.3) is 0 Å². The number of rotatable bonds is 6. The lowest BCUT2D eigenvalue weighted by molar-refractivity contribution is 0.192. The van der Waals surface area contributed by atoms with Gasteiger partial charge in [0.1, 0.15) is 4.90 Å². The molecule has 1 aliphatic rings. The van der Waals surface area contributed by atoms with Crippen LogP contribution < -0.4 is 10.0 Å². The van der Waals surface area contributed by atoms with Gasteiger partial charge in [0.05, 0.1) is 6.61 Å². The second-order valence-electron chi connectivity index (χ2n) is 5.39. The molecule has 2 N–H and O–H groups in total. The van der Waals surface area contributed by atoms with Gasteiger partial charge in [-0.15, -0.1) is 11.3 Å². The monoisotopic (exact) mass is 318 g/mol. The summed E-state index contributed by atoms with van der Waals surface area (Å²) in [6, 6.07) is 0.217. The molecule has 20 heavy (non-hydrogen) atoms. The van der Waals surface area contributed by atoms with Gasteiger partial charge in [-0.05, 0) is 24.3 Å². The summed E-state index contributed by atoms with van der Waals surface area (Å²) in [4.78, 5) is 1.30. The molecule has 5 nitrogen and oxygen atoms in total. The summed E-state index contributed by atoms with van der Waals surface area (Å²) >= 11 is 1.49. The van der Waals surface area contributed by atoms with Crippen LogP contribution in [0.15, 0.2) is 10.3 Å². The third-order valence-corrected chi connectivity index (χ3v) is 6.16. The summed E-state index contributed by atoms with van der Waals surface area (Å²) in [5.41, 5.74) is 0.807. The van der Waals surface area contributed by atoms with E-state index >= 15 is 0 Å². The van der Waals surface area contributed by atoms with Crippen LogP contribution in [0.2, 0.25) is 0 Å². The maximum atomic E-state index is 12.5. The van der Waals surface area contributed by atoms with Crippen molar-refractivity contribution in [1.82, 2.24) is 10.0 Å². The molecule has 2 heterocycles. The lowest BCUT2D eigenvalue weighted by Crippen LogP contribution is -2.36. The average molecular weight is 318 g/mol. The van der Waals surface area contributed by atoms with Crippen molar-refractivity contribution in [2.24, 2.45) is 0 Å². The van der Waals surface area contributed by atoms with Gasteiger partial charge in [0.2, 0.25) is 10.0 Å². The van der Waals surface area contributed by atoms with Gasteiger partial charge in [0, 0.05) is 30.1 Å². The summed E-state index contributed by atoms with van der Waals surface area (Å²) in [6.45, 7) is 7.59. The van der Waals surface area contributed by atoms with E-state index in [2.05, 4.69) is 10.0 Å². The summed E-state index contributed by atoms with van der Waals surface area (Å²) < 4.78 is 33.1. The van der Waals surface area contributed by atoms with E-state index in [0.29, 0.717) is 30.7 Å². The van der Waals surface area contributed by atoms with E-state index in [1.807, 2.05) is 26.2 Å². The first-order valence-corrected chi connectivity index (χ1v) is 9.17. The van der Waals surface area contributed by atoms with Crippen molar-refractivity contribution in [3.8, 4) is 0 Å². The topological polar surface area (TPSA) is 67.4 Å². The fourth-order valence-corrected chi connectivity index (χ4v) is 5.19. The van der Waals surface area contributed by atoms with Crippen LogP contribution >= 0.6 is 11.3 Å². The van der Waals surface area contributed by atoms with Crippen LogP contribution in [0.25, 0.3) is 0 Å². The maximum Gasteiger partial charge on any atom is 0.242 e. The Morgan fingerprint density at radius 1 is 1.50 bits per heavy atom. The van der Waals surface area contributed by atoms with Gasteiger partial charge < -0.3 is 10.1 Å². The van der Waals surface area contributed by atoms with Crippen molar-refractivity contribution in [3.63, 3.8) is 0 Å². The number of thiophene rings is 1. The highest BCUT2D eigenvalue weighted by atomic mass is 32.2. The van der Waals surface area contributed by atoms with E-state index in [9.17, 15) is 8.42 Å². The van der Waals surface area contributed by atoms with Gasteiger partial charge in [-0.25, -0.2) is 13.1 Å². The minimum Gasteiger partial charge on any atom is -0.380 e. The van der Waals surface area contributed by atoms with Gasteiger partial charge in [0.15, 0.2) is 0 Å². The third kappa shape index (κ3) is 3.79. The van der Waals surface area contributed by atoms with Crippen molar-refractivity contribution in [2.45, 2.75) is 50.7 Å². The van der Waals surface area contributed by atoms with Crippen molar-refractivity contribution in [2.75, 3.05) is 13.2 Å². The Bertz CT molecular complexity index is 546. The van der Waals surface area contributed by atoms with Crippen LogP contribution in [0.3, 0.4) is 0 Å². The lowest BCUT2D eigenvalue weighted by atomic mass is 10.3. The van der Waals surface area contributed by atoms with Crippen LogP contribution in [0.1, 0.15) is 30.7 Å². The van der Waals surface area contributed by atoms with E-state index in [-0.39, 0.29) is 6.04 Å². The quantitative estimate of drug-likeness (QED) is 0.836. The Hall–Kier alpha value is -0.470. The number of sulfonamides is 1. The smallest absolute Gasteiger partial charge is 0.242 e. The molecule has 0 aromatic carbocycles. The predicted octanol–water partition coefficient (Wildman–Crippen LogP) is 1.62. The summed E-state index contributed by atoms with van der Waals surface area (Å²) in [5, 5.41) is 5.17. The number of hydrogen-bond donors (Lipinski definition) is 2. The molecule has 0 spiro atoms. The Morgan fingerprint density at radius 3 is 2.85 bits per heavy atom. The van der Waals surface area contributed by atoms with Crippen LogP contribution in [0, 0.1) is 6.92 Å². The molecule has 1 fully saturated rings. The molecule has 0 amide bonds. The molecule has 0 bridgehead atoms. The predicted molar refractivity (Wildman–Crippen MR) is 80.6 cm³/mol. The van der Waals surface area contributed by atoms with Crippen LogP contribution in [0.5, 0.6) is 0 Å². The molecule has 1 atom stereocenters. The number of aryl methyl sites for hydroxylation is 1. The SMILES string of the molecule is Cc1csc(CNC(C)C)c1S(=O)(=O)NC1CCOC1. The molecule has 1 unspecified atom stereocenters. The van der Waals surface area contributed by atoms with Crippen LogP contribution in [-0.4, -0.2) is 33.7 Å². The fraction of sp³-hybridized carbons (Fsp3) is 0.692. The van der Waals surface area contributed by atoms with Crippen molar-refractivity contribution in [1.29, 1.82) is 0 Å². The highest BCUT2D eigenvalue weighted by Crippen LogP contribution is 2.27. The van der Waals surface area contributed by atoms with Crippen molar-refractivity contribution < 1.29 is 13.2 Å². The zero-order chi connectivity index (χ0) is 14.8. The summed E-state index contributed by atoms with van der Waals surface area (Å²) in [6.07, 6.45) is 0.738. The normalized spacial score (nSPS) is 19.9. The summed E-state index contributed by atoms with van der Waals surface area (Å²) in [5.74, 6) is 0. The van der Waals surface area contributed by atoms with Crippen molar-refractivity contribution >= 4 is 21.4 Å². The highest BCUT2D eigenvalue weighted by Gasteiger charge is 2.27. The molecule has 114 valence electrons. The molecule has 1 aromatic heterocycles. The van der Waals surface area contributed by atoms with E-state index in [1.165, 1.54) is 11.3 Å². The molecule has 0 saturated carbocycles. The third-order valence-electron chi connectivity index (χ3n) is 3.18. The minimum absolute atomic E-state index is 0.106. The Kier molecular flexibility index (Phi) is 5.19. The molecule has 0 aliphatic carbocycles. The Balaban J connectivity index is 2.19. The first-order chi connectivity index (χ1) is 9.40. The molecule has 1 aliphatic heterocycles. The Morgan fingerprint density at radius 2 is 2.25 bits per heavy atom. The molecular weight excluding hydrogens is 296 g/mol. The molecule has 2 rings (SSSR count). The van der Waals surface area contributed by atoms with Gasteiger partial charge >= 0.3 is 0 Å². The van der Waals surface area contributed by atoms with Gasteiger partial charge in [-0.3, -0.25) is 0 Å². The molecule has 0 radical (unpaired) electrons. The molecular formula is C13H22N2O3S2. The highest BCUT2D eigenvalue weighted by molar-refractivity contribution is 7.89. The number of ether oxygens (including phenoxy) is 1. The van der Waals surface area contributed by atoms with Gasteiger partial charge in [-0.2, -0.15) is 0 Å². The van der Waals surface area contributed by atoms with Crippen LogP contribution in [-0.2, 0) is 21.3 Å². The second-order valence-corrected chi connectivity index (χ2v) is 8.00. The second kappa shape index (κ2) is 6.53. The fourth-order valence-electron chi connectivity index (χ4n) is 2.17. The minimum atomic E-state index is -3.47. The average Bonchev–Trinajstić information content (AvgIpc) is 2.95. The van der Waals surface area contributed by atoms with E-state index in [0.717, 1.165) is 16.9 Å². The first-order valence-electron chi connectivity index (χ1n) is 6.80. The zero-order valence-electron chi connectivity index (χ0n) is 12.1. The number of nitrogens with one attached hydrogen (secondary N) is 2. The molecule has 1 saturated heterocycles. The van der Waals surface area contributed by atoms with Gasteiger partial charge in [-0.1, -0.05) is 13.8 Å². The first kappa shape index (κ1) is 15.9. The Labute approximate surface area is 124 Å². The van der Waals surface area contributed by atoms with Crippen molar-refractivity contribution in [3.05, 3.63) is 15.8 Å².